The van der Waals surface area contributed by atoms with Gasteiger partial charge in [-0.05, 0) is 56.5 Å². The Balaban J connectivity index is 1.86. The third-order valence-electron chi connectivity index (χ3n) is 6.30. The first-order valence-corrected chi connectivity index (χ1v) is 12.5. The van der Waals surface area contributed by atoms with E-state index in [0.717, 1.165) is 82.1 Å². The van der Waals surface area contributed by atoms with Crippen LogP contribution in [0, 0.1) is 0 Å². The van der Waals surface area contributed by atoms with Gasteiger partial charge in [0.15, 0.2) is 0 Å². The van der Waals surface area contributed by atoms with E-state index in [4.69, 9.17) is 0 Å². The average molecular weight is 462 g/mol. The molecule has 1 amide bonds. The van der Waals surface area contributed by atoms with Gasteiger partial charge in [-0.2, -0.15) is 17.9 Å². The van der Waals surface area contributed by atoms with Gasteiger partial charge in [0, 0.05) is 19.1 Å². The number of sulfonamides is 1. The van der Waals surface area contributed by atoms with Gasteiger partial charge in [0.2, 0.25) is 15.9 Å². The van der Waals surface area contributed by atoms with Gasteiger partial charge in [0.1, 0.15) is 6.04 Å². The van der Waals surface area contributed by atoms with Crippen molar-refractivity contribution in [1.29, 1.82) is 0 Å². The van der Waals surface area contributed by atoms with Gasteiger partial charge in [-0.3, -0.25) is 9.69 Å². The van der Waals surface area contributed by atoms with Gasteiger partial charge in [-0.1, -0.05) is 25.0 Å². The van der Waals surface area contributed by atoms with Gasteiger partial charge in [0.05, 0.1) is 11.8 Å². The van der Waals surface area contributed by atoms with Crippen LogP contribution in [0.5, 0.6) is 0 Å². The molecular weight excluding hydrogens is 431 g/mol. The number of hydrogen-bond acceptors (Lipinski definition) is 4. The number of halogens is 3. The van der Waals surface area contributed by atoms with Crippen molar-refractivity contribution < 1.29 is 26.4 Å². The van der Waals surface area contributed by atoms with Crippen LogP contribution in [-0.4, -0.2) is 62.6 Å². The van der Waals surface area contributed by atoms with E-state index in [1.165, 1.54) is 0 Å². The highest BCUT2D eigenvalue weighted by Crippen LogP contribution is 2.32. The summed E-state index contributed by atoms with van der Waals surface area (Å²) >= 11 is 0. The molecule has 3 rings (SSSR count). The predicted molar refractivity (Wildman–Crippen MR) is 112 cm³/mol. The van der Waals surface area contributed by atoms with Crippen LogP contribution in [-0.2, 0) is 21.0 Å². The maximum Gasteiger partial charge on any atom is 0.416 e. The van der Waals surface area contributed by atoms with Crippen LogP contribution in [0.25, 0.3) is 0 Å². The van der Waals surface area contributed by atoms with Gasteiger partial charge < -0.3 is 4.90 Å². The minimum absolute atomic E-state index is 0.0577. The van der Waals surface area contributed by atoms with Crippen molar-refractivity contribution in [1.82, 2.24) is 14.5 Å². The molecule has 1 unspecified atom stereocenters. The SMILES string of the molecule is CN(C(=O)C(NS(C)(=O)=O)c1ccc(C(F)(F)F)cc1)[C@@H]1CCCC[C@H]1N1CCCC1. The lowest BCUT2D eigenvalue weighted by Gasteiger charge is -2.43. The molecule has 1 saturated heterocycles. The zero-order chi connectivity index (χ0) is 22.8. The van der Waals surface area contributed by atoms with Gasteiger partial charge >= 0.3 is 6.18 Å². The molecule has 0 radical (unpaired) electrons. The van der Waals surface area contributed by atoms with Crippen molar-refractivity contribution in [2.45, 2.75) is 62.8 Å². The third kappa shape index (κ3) is 5.98. The fourth-order valence-electron chi connectivity index (χ4n) is 4.75. The Morgan fingerprint density at radius 1 is 1.10 bits per heavy atom. The van der Waals surface area contributed by atoms with Crippen LogP contribution in [0.2, 0.25) is 0 Å². The number of amides is 1. The molecule has 10 heteroatoms. The second kappa shape index (κ2) is 9.46. The van der Waals surface area contributed by atoms with E-state index in [1.807, 2.05) is 0 Å². The summed E-state index contributed by atoms with van der Waals surface area (Å²) in [4.78, 5) is 17.4. The molecule has 1 aliphatic carbocycles. The lowest BCUT2D eigenvalue weighted by atomic mass is 9.87. The monoisotopic (exact) mass is 461 g/mol. The van der Waals surface area contributed by atoms with E-state index >= 15 is 0 Å². The summed E-state index contributed by atoms with van der Waals surface area (Å²) < 4.78 is 65.0. The van der Waals surface area contributed by atoms with Crippen LogP contribution < -0.4 is 4.72 Å². The molecule has 0 aromatic heterocycles. The van der Waals surface area contributed by atoms with E-state index in [-0.39, 0.29) is 17.6 Å². The topological polar surface area (TPSA) is 69.7 Å². The Morgan fingerprint density at radius 2 is 1.68 bits per heavy atom. The Kier molecular flexibility index (Phi) is 7.32. The van der Waals surface area contributed by atoms with Crippen molar-refractivity contribution in [2.24, 2.45) is 0 Å². The number of carbonyl (C=O) groups excluding carboxylic acids is 1. The number of nitrogens with zero attached hydrogens (tertiary/aromatic N) is 2. The summed E-state index contributed by atoms with van der Waals surface area (Å²) in [6, 6.07) is 2.95. The summed E-state index contributed by atoms with van der Waals surface area (Å²) in [5.41, 5.74) is -0.666. The van der Waals surface area contributed by atoms with E-state index in [9.17, 15) is 26.4 Å². The van der Waals surface area contributed by atoms with Crippen LogP contribution in [0.4, 0.5) is 13.2 Å². The molecule has 1 aromatic carbocycles. The zero-order valence-corrected chi connectivity index (χ0v) is 18.7. The molecule has 1 aliphatic heterocycles. The number of hydrogen-bond donors (Lipinski definition) is 1. The predicted octanol–water partition coefficient (Wildman–Crippen LogP) is 3.16. The lowest BCUT2D eigenvalue weighted by Crippen LogP contribution is -2.55. The Labute approximate surface area is 181 Å². The Hall–Kier alpha value is -1.65. The average Bonchev–Trinajstić information content (AvgIpc) is 3.24. The zero-order valence-electron chi connectivity index (χ0n) is 17.9. The number of likely N-dealkylation sites (N-methyl/N-ethyl adjacent to an activating group) is 1. The first-order valence-electron chi connectivity index (χ1n) is 10.6. The summed E-state index contributed by atoms with van der Waals surface area (Å²) in [6.45, 7) is 1.99. The molecule has 6 nitrogen and oxygen atoms in total. The minimum Gasteiger partial charge on any atom is -0.340 e. The van der Waals surface area contributed by atoms with Gasteiger partial charge in [0.25, 0.3) is 0 Å². The van der Waals surface area contributed by atoms with E-state index in [2.05, 4.69) is 9.62 Å². The number of alkyl halides is 3. The highest BCUT2D eigenvalue weighted by molar-refractivity contribution is 7.88. The van der Waals surface area contributed by atoms with Crippen molar-refractivity contribution >= 4 is 15.9 Å². The Bertz CT molecular complexity index is 868. The maximum atomic E-state index is 13.4. The lowest BCUT2D eigenvalue weighted by molar-refractivity contribution is -0.137. The van der Waals surface area contributed by atoms with Crippen LogP contribution in [0.3, 0.4) is 0 Å². The second-order valence-corrected chi connectivity index (χ2v) is 10.3. The molecule has 1 heterocycles. The van der Waals surface area contributed by atoms with Crippen LogP contribution in [0.15, 0.2) is 24.3 Å². The van der Waals surface area contributed by atoms with Crippen LogP contribution >= 0.6 is 0 Å². The number of benzene rings is 1. The molecular formula is C21H30F3N3O3S. The van der Waals surface area contributed by atoms with Crippen molar-refractivity contribution in [3.63, 3.8) is 0 Å². The summed E-state index contributed by atoms with van der Waals surface area (Å²) in [5, 5.41) is 0. The number of likely N-dealkylation sites (tertiary alicyclic amines) is 1. The fraction of sp³-hybridized carbons (Fsp3) is 0.667. The highest BCUT2D eigenvalue weighted by atomic mass is 32.2. The second-order valence-electron chi connectivity index (χ2n) is 8.55. The Morgan fingerprint density at radius 3 is 2.23 bits per heavy atom. The van der Waals surface area contributed by atoms with Crippen LogP contribution in [0.1, 0.15) is 55.7 Å². The number of rotatable bonds is 6. The van der Waals surface area contributed by atoms with E-state index < -0.39 is 33.7 Å². The van der Waals surface area contributed by atoms with Gasteiger partial charge in [-0.15, -0.1) is 0 Å². The molecule has 2 aliphatic rings. The van der Waals surface area contributed by atoms with Crippen molar-refractivity contribution in [2.75, 3.05) is 26.4 Å². The molecule has 1 saturated carbocycles. The molecule has 1 aromatic rings. The summed E-state index contributed by atoms with van der Waals surface area (Å²) in [6.07, 6.45) is 2.56. The molecule has 1 N–H and O–H groups in total. The first kappa shape index (κ1) is 24.0. The fourth-order valence-corrected chi connectivity index (χ4v) is 5.41. The van der Waals surface area contributed by atoms with Gasteiger partial charge in [-0.25, -0.2) is 8.42 Å². The number of nitrogens with one attached hydrogen (secondary N) is 1. The third-order valence-corrected chi connectivity index (χ3v) is 6.96. The normalized spacial score (nSPS) is 24.2. The summed E-state index contributed by atoms with van der Waals surface area (Å²) in [5.74, 6) is -0.457. The molecule has 3 atom stereocenters. The first-order chi connectivity index (χ1) is 14.5. The molecule has 174 valence electrons. The van der Waals surface area contributed by atoms with Crippen molar-refractivity contribution in [3.8, 4) is 0 Å². The largest absolute Gasteiger partial charge is 0.416 e. The highest BCUT2D eigenvalue weighted by Gasteiger charge is 2.38. The molecule has 0 spiro atoms. The molecule has 2 fully saturated rings. The molecule has 0 bridgehead atoms. The quantitative estimate of drug-likeness (QED) is 0.707. The van der Waals surface area contributed by atoms with E-state index in [1.54, 1.807) is 11.9 Å². The minimum atomic E-state index is -4.51. The summed E-state index contributed by atoms with van der Waals surface area (Å²) in [7, 11) is -2.11. The maximum absolute atomic E-state index is 13.4. The number of carbonyl (C=O) groups is 1. The standard InChI is InChI=1S/C21H30F3N3O3S/c1-26(17-7-3-4-8-18(17)27-13-5-6-14-27)20(28)19(25-31(2,29)30)15-9-11-16(12-10-15)21(22,23)24/h9-12,17-19,25H,3-8,13-14H2,1-2H3/t17-,18-,19?/m1/s1. The van der Waals surface area contributed by atoms with E-state index in [0.29, 0.717) is 0 Å². The van der Waals surface area contributed by atoms with Crippen molar-refractivity contribution in [3.05, 3.63) is 35.4 Å². The smallest absolute Gasteiger partial charge is 0.340 e. The molecule has 31 heavy (non-hydrogen) atoms.